The van der Waals surface area contributed by atoms with Crippen molar-refractivity contribution in [2.75, 3.05) is 36.4 Å². The van der Waals surface area contributed by atoms with Crippen LogP contribution in [0.1, 0.15) is 19.3 Å². The molecule has 0 N–H and O–H groups in total. The first-order chi connectivity index (χ1) is 9.70. The lowest BCUT2D eigenvalue weighted by atomic mass is 10.2. The monoisotopic (exact) mass is 342 g/mol. The second-order valence-electron chi connectivity index (χ2n) is 4.99. The fourth-order valence-electron chi connectivity index (χ4n) is 2.39. The molecule has 0 aromatic heterocycles. The Kier molecular flexibility index (Phi) is 5.83. The number of unbranched alkanes of at least 4 members (excludes halogenated alkanes) is 1. The van der Waals surface area contributed by atoms with Crippen LogP contribution < -0.4 is 4.90 Å². The molecule has 1 aliphatic rings. The van der Waals surface area contributed by atoms with Gasteiger partial charge in [0.05, 0.1) is 0 Å². The summed E-state index contributed by atoms with van der Waals surface area (Å²) in [6.07, 6.45) is 2.63. The van der Waals surface area contributed by atoms with Crippen LogP contribution in [-0.4, -0.2) is 42.3 Å². The number of anilines is 1. The van der Waals surface area contributed by atoms with E-state index >= 15 is 0 Å². The van der Waals surface area contributed by atoms with Gasteiger partial charge in [-0.25, -0.2) is 4.39 Å². The molecule has 3 nitrogen and oxygen atoms in total. The van der Waals surface area contributed by atoms with Gasteiger partial charge in [0, 0.05) is 43.6 Å². The fourth-order valence-corrected chi connectivity index (χ4v) is 2.79. The second kappa shape index (κ2) is 7.62. The van der Waals surface area contributed by atoms with E-state index in [4.69, 9.17) is 0 Å². The highest BCUT2D eigenvalue weighted by Gasteiger charge is 2.20. The summed E-state index contributed by atoms with van der Waals surface area (Å²) in [6.45, 7) is 3.14. The molecule has 1 aliphatic heterocycles. The molecule has 1 heterocycles. The van der Waals surface area contributed by atoms with Crippen LogP contribution in [0.5, 0.6) is 0 Å². The van der Waals surface area contributed by atoms with Gasteiger partial charge >= 0.3 is 0 Å². The van der Waals surface area contributed by atoms with Crippen molar-refractivity contribution in [1.82, 2.24) is 4.90 Å². The minimum absolute atomic E-state index is 0.214. The number of hydrogen-bond donors (Lipinski definition) is 0. The molecule has 2 rings (SSSR count). The summed E-state index contributed by atoms with van der Waals surface area (Å²) >= 11 is 3.38. The molecule has 20 heavy (non-hydrogen) atoms. The van der Waals surface area contributed by atoms with Crippen molar-refractivity contribution in [2.24, 2.45) is 0 Å². The molecule has 0 spiro atoms. The topological polar surface area (TPSA) is 23.6 Å². The molecule has 1 aromatic rings. The predicted molar refractivity (Wildman–Crippen MR) is 82.8 cm³/mol. The van der Waals surface area contributed by atoms with Crippen molar-refractivity contribution in [3.63, 3.8) is 0 Å². The van der Waals surface area contributed by atoms with Gasteiger partial charge in [-0.2, -0.15) is 0 Å². The molecule has 5 heteroatoms. The van der Waals surface area contributed by atoms with Crippen molar-refractivity contribution in [1.29, 1.82) is 0 Å². The summed E-state index contributed by atoms with van der Waals surface area (Å²) in [5, 5.41) is 0.957. The number of rotatable bonds is 5. The summed E-state index contributed by atoms with van der Waals surface area (Å²) in [4.78, 5) is 16.1. The first kappa shape index (κ1) is 15.3. The van der Waals surface area contributed by atoms with E-state index in [1.807, 2.05) is 4.90 Å². The van der Waals surface area contributed by atoms with Crippen LogP contribution in [0.15, 0.2) is 24.3 Å². The van der Waals surface area contributed by atoms with Crippen LogP contribution in [0.25, 0.3) is 0 Å². The van der Waals surface area contributed by atoms with Gasteiger partial charge in [-0.1, -0.05) is 15.9 Å². The van der Waals surface area contributed by atoms with Crippen molar-refractivity contribution in [3.8, 4) is 0 Å². The number of benzene rings is 1. The lowest BCUT2D eigenvalue weighted by Crippen LogP contribution is -2.48. The first-order valence-corrected chi connectivity index (χ1v) is 8.17. The Labute approximate surface area is 127 Å². The maximum atomic E-state index is 12.9. The highest BCUT2D eigenvalue weighted by Crippen LogP contribution is 2.17. The molecule has 0 radical (unpaired) electrons. The zero-order valence-corrected chi connectivity index (χ0v) is 13.1. The van der Waals surface area contributed by atoms with E-state index in [1.54, 1.807) is 12.1 Å². The van der Waals surface area contributed by atoms with Gasteiger partial charge in [-0.15, -0.1) is 0 Å². The first-order valence-electron chi connectivity index (χ1n) is 7.05. The van der Waals surface area contributed by atoms with Crippen molar-refractivity contribution >= 4 is 27.5 Å². The maximum Gasteiger partial charge on any atom is 0.222 e. The van der Waals surface area contributed by atoms with E-state index in [9.17, 15) is 9.18 Å². The molecule has 1 amide bonds. The standard InChI is InChI=1S/C15H20BrFN2O/c16-8-2-1-3-15(20)19-11-9-18(10-12-19)14-6-4-13(17)5-7-14/h4-7H,1-3,8-12H2. The number of carbonyl (C=O) groups is 1. The Morgan fingerprint density at radius 3 is 2.35 bits per heavy atom. The van der Waals surface area contributed by atoms with E-state index in [0.717, 1.165) is 50.0 Å². The van der Waals surface area contributed by atoms with Gasteiger partial charge in [0.25, 0.3) is 0 Å². The SMILES string of the molecule is O=C(CCCCBr)N1CCN(c2ccc(F)cc2)CC1. The van der Waals surface area contributed by atoms with E-state index in [-0.39, 0.29) is 11.7 Å². The molecule has 0 bridgehead atoms. The Morgan fingerprint density at radius 2 is 1.75 bits per heavy atom. The van der Waals surface area contributed by atoms with Crippen LogP contribution in [0.3, 0.4) is 0 Å². The Hall–Kier alpha value is -1.10. The summed E-state index contributed by atoms with van der Waals surface area (Å²) < 4.78 is 12.9. The van der Waals surface area contributed by atoms with Gasteiger partial charge in [-0.3, -0.25) is 4.79 Å². The minimum atomic E-state index is -0.214. The lowest BCUT2D eigenvalue weighted by Gasteiger charge is -2.36. The number of amides is 1. The van der Waals surface area contributed by atoms with E-state index < -0.39 is 0 Å². The fraction of sp³-hybridized carbons (Fsp3) is 0.533. The third-order valence-corrected chi connectivity index (χ3v) is 4.16. The molecule has 1 aromatic carbocycles. The van der Waals surface area contributed by atoms with Gasteiger partial charge < -0.3 is 9.80 Å². The molecule has 0 saturated carbocycles. The van der Waals surface area contributed by atoms with Gasteiger partial charge in [-0.05, 0) is 37.1 Å². The number of hydrogen-bond acceptors (Lipinski definition) is 2. The van der Waals surface area contributed by atoms with Crippen LogP contribution in [0.4, 0.5) is 10.1 Å². The predicted octanol–water partition coefficient (Wildman–Crippen LogP) is 3.04. The average Bonchev–Trinajstić information content (AvgIpc) is 2.48. The molecular formula is C15H20BrFN2O. The van der Waals surface area contributed by atoms with Crippen molar-refractivity contribution in [2.45, 2.75) is 19.3 Å². The normalized spacial score (nSPS) is 15.5. The van der Waals surface area contributed by atoms with Gasteiger partial charge in [0.2, 0.25) is 5.91 Å². The minimum Gasteiger partial charge on any atom is -0.368 e. The summed E-state index contributed by atoms with van der Waals surface area (Å²) in [6, 6.07) is 6.55. The summed E-state index contributed by atoms with van der Waals surface area (Å²) in [5.74, 6) is 0.0408. The Morgan fingerprint density at radius 1 is 1.10 bits per heavy atom. The number of nitrogens with zero attached hydrogens (tertiary/aromatic N) is 2. The molecule has 0 unspecified atom stereocenters. The molecular weight excluding hydrogens is 323 g/mol. The molecule has 1 fully saturated rings. The second-order valence-corrected chi connectivity index (χ2v) is 5.78. The lowest BCUT2D eigenvalue weighted by molar-refractivity contribution is -0.131. The largest absolute Gasteiger partial charge is 0.368 e. The van der Waals surface area contributed by atoms with Crippen molar-refractivity contribution < 1.29 is 9.18 Å². The van der Waals surface area contributed by atoms with Crippen LogP contribution >= 0.6 is 15.9 Å². The third-order valence-electron chi connectivity index (χ3n) is 3.60. The van der Waals surface area contributed by atoms with Crippen molar-refractivity contribution in [3.05, 3.63) is 30.1 Å². The highest BCUT2D eigenvalue weighted by atomic mass is 79.9. The number of carbonyl (C=O) groups excluding carboxylic acids is 1. The van der Waals surface area contributed by atoms with Gasteiger partial charge in [0.15, 0.2) is 0 Å². The Balaban J connectivity index is 1.80. The zero-order valence-electron chi connectivity index (χ0n) is 11.5. The van der Waals surface area contributed by atoms with Crippen LogP contribution in [0, 0.1) is 5.82 Å². The average molecular weight is 343 g/mol. The van der Waals surface area contributed by atoms with Crippen LogP contribution in [0.2, 0.25) is 0 Å². The number of halogens is 2. The Bertz CT molecular complexity index is 430. The van der Waals surface area contributed by atoms with Crippen LogP contribution in [-0.2, 0) is 4.79 Å². The maximum absolute atomic E-state index is 12.9. The molecule has 0 aliphatic carbocycles. The van der Waals surface area contributed by atoms with E-state index in [1.165, 1.54) is 12.1 Å². The highest BCUT2D eigenvalue weighted by molar-refractivity contribution is 9.09. The zero-order chi connectivity index (χ0) is 14.4. The number of alkyl halides is 1. The third kappa shape index (κ3) is 4.20. The summed E-state index contributed by atoms with van der Waals surface area (Å²) in [5.41, 5.74) is 1.03. The van der Waals surface area contributed by atoms with E-state index in [0.29, 0.717) is 6.42 Å². The summed E-state index contributed by atoms with van der Waals surface area (Å²) in [7, 11) is 0. The van der Waals surface area contributed by atoms with E-state index in [2.05, 4.69) is 20.8 Å². The quantitative estimate of drug-likeness (QED) is 0.606. The number of piperazine rings is 1. The smallest absolute Gasteiger partial charge is 0.222 e. The molecule has 110 valence electrons. The molecule has 1 saturated heterocycles. The molecule has 0 atom stereocenters. The van der Waals surface area contributed by atoms with Gasteiger partial charge in [0.1, 0.15) is 5.82 Å².